The van der Waals surface area contributed by atoms with Gasteiger partial charge in [-0.3, -0.25) is 4.79 Å². The van der Waals surface area contributed by atoms with E-state index in [2.05, 4.69) is 10.3 Å². The summed E-state index contributed by atoms with van der Waals surface area (Å²) in [4.78, 5) is 27.2. The molecule has 2 aromatic heterocycles. The SMILES string of the molecule is Nc1ccc(CCC(=O)NCc2cc3cc(-c4ccc(C(=O)O)cc4)cc(C(F)(F)F)c3o2)cn1. The number of carboxylic acids is 1. The highest BCUT2D eigenvalue weighted by atomic mass is 19.4. The van der Waals surface area contributed by atoms with E-state index >= 15 is 0 Å². The number of hydrogen-bond donors (Lipinski definition) is 3. The molecule has 0 radical (unpaired) electrons. The van der Waals surface area contributed by atoms with Crippen molar-refractivity contribution in [2.24, 2.45) is 0 Å². The van der Waals surface area contributed by atoms with Gasteiger partial charge in [0.15, 0.2) is 0 Å². The standard InChI is InChI=1S/C25H20F3N3O4/c26-25(27,28)20-11-17(15-3-5-16(6-4-15)24(33)34)9-18-10-19(35-23(18)20)13-31-22(32)8-2-14-1-7-21(29)30-12-14/h1,3-7,9-12H,2,8,13H2,(H2,29,30)(H,31,32)(H,33,34). The first kappa shape index (κ1) is 23.8. The molecular weight excluding hydrogens is 463 g/mol. The number of pyridine rings is 1. The number of carboxylic acid groups (broad SMARTS) is 1. The topological polar surface area (TPSA) is 118 Å². The fourth-order valence-corrected chi connectivity index (χ4v) is 3.59. The third-order valence-corrected chi connectivity index (χ3v) is 5.39. The zero-order valence-corrected chi connectivity index (χ0v) is 18.2. The Balaban J connectivity index is 1.53. The Morgan fingerprint density at radius 2 is 1.77 bits per heavy atom. The molecule has 2 heterocycles. The lowest BCUT2D eigenvalue weighted by Crippen LogP contribution is -2.22. The van der Waals surface area contributed by atoms with Crippen molar-refractivity contribution in [2.75, 3.05) is 5.73 Å². The molecule has 0 saturated heterocycles. The number of amides is 1. The van der Waals surface area contributed by atoms with Crippen LogP contribution in [0, 0.1) is 0 Å². The normalized spacial score (nSPS) is 11.5. The number of nitrogens with one attached hydrogen (secondary N) is 1. The number of aromatic nitrogens is 1. The van der Waals surface area contributed by atoms with Crippen LogP contribution in [0.15, 0.2) is 65.2 Å². The minimum Gasteiger partial charge on any atom is -0.478 e. The Hall–Kier alpha value is -4.34. The van der Waals surface area contributed by atoms with E-state index in [1.807, 2.05) is 0 Å². The zero-order valence-electron chi connectivity index (χ0n) is 18.2. The molecule has 7 nitrogen and oxygen atoms in total. The van der Waals surface area contributed by atoms with Crippen LogP contribution in [0.1, 0.15) is 33.7 Å². The number of aromatic carboxylic acids is 1. The van der Waals surface area contributed by atoms with Crippen molar-refractivity contribution in [2.45, 2.75) is 25.6 Å². The molecule has 35 heavy (non-hydrogen) atoms. The van der Waals surface area contributed by atoms with Gasteiger partial charge >= 0.3 is 12.1 Å². The maximum absolute atomic E-state index is 13.8. The van der Waals surface area contributed by atoms with Crippen molar-refractivity contribution in [3.63, 3.8) is 0 Å². The summed E-state index contributed by atoms with van der Waals surface area (Å²) in [7, 11) is 0. The third-order valence-electron chi connectivity index (χ3n) is 5.39. The second kappa shape index (κ2) is 9.49. The van der Waals surface area contributed by atoms with Crippen LogP contribution in [-0.4, -0.2) is 22.0 Å². The average Bonchev–Trinajstić information content (AvgIpc) is 3.24. The fraction of sp³-hybridized carbons (Fsp3) is 0.160. The molecule has 4 aromatic rings. The zero-order chi connectivity index (χ0) is 25.2. The maximum atomic E-state index is 13.8. The van der Waals surface area contributed by atoms with Crippen molar-refractivity contribution in [1.82, 2.24) is 10.3 Å². The number of anilines is 1. The lowest BCUT2D eigenvalue weighted by atomic mass is 9.99. The molecule has 0 aliphatic heterocycles. The number of halogens is 3. The van der Waals surface area contributed by atoms with E-state index in [0.717, 1.165) is 11.6 Å². The van der Waals surface area contributed by atoms with Crippen molar-refractivity contribution in [3.8, 4) is 11.1 Å². The summed E-state index contributed by atoms with van der Waals surface area (Å²) in [6.45, 7) is -0.0760. The van der Waals surface area contributed by atoms with Gasteiger partial charge in [-0.05, 0) is 59.5 Å². The van der Waals surface area contributed by atoms with E-state index in [9.17, 15) is 22.8 Å². The van der Waals surface area contributed by atoms with Crippen LogP contribution >= 0.6 is 0 Å². The van der Waals surface area contributed by atoms with Gasteiger partial charge in [0.2, 0.25) is 5.91 Å². The molecule has 4 rings (SSSR count). The summed E-state index contributed by atoms with van der Waals surface area (Å²) in [5.74, 6) is -0.875. The molecule has 0 fully saturated rings. The van der Waals surface area contributed by atoms with Crippen LogP contribution in [0.25, 0.3) is 22.1 Å². The Morgan fingerprint density at radius 1 is 1.03 bits per heavy atom. The van der Waals surface area contributed by atoms with Gasteiger partial charge in [0.1, 0.15) is 17.2 Å². The molecule has 4 N–H and O–H groups in total. The number of fused-ring (bicyclic) bond motifs is 1. The minimum absolute atomic E-state index is 0.0277. The number of aryl methyl sites for hydroxylation is 1. The van der Waals surface area contributed by atoms with Crippen molar-refractivity contribution < 1.29 is 32.3 Å². The van der Waals surface area contributed by atoms with Crippen LogP contribution in [0.2, 0.25) is 0 Å². The summed E-state index contributed by atoms with van der Waals surface area (Å²) in [5, 5.41) is 11.9. The number of hydrogen-bond acceptors (Lipinski definition) is 5. The third kappa shape index (κ3) is 5.60. The van der Waals surface area contributed by atoms with Crippen LogP contribution in [0.3, 0.4) is 0 Å². The molecule has 10 heteroatoms. The molecule has 0 unspecified atom stereocenters. The predicted octanol–water partition coefficient (Wildman–Crippen LogP) is 5.04. The predicted molar refractivity (Wildman–Crippen MR) is 122 cm³/mol. The summed E-state index contributed by atoms with van der Waals surface area (Å²) in [6, 6.07) is 12.9. The number of nitrogens with two attached hydrogens (primary N) is 1. The molecule has 1 amide bonds. The first-order valence-corrected chi connectivity index (χ1v) is 10.5. The van der Waals surface area contributed by atoms with Crippen LogP contribution < -0.4 is 11.1 Å². The molecule has 0 aliphatic carbocycles. The Morgan fingerprint density at radius 3 is 2.40 bits per heavy atom. The molecule has 180 valence electrons. The molecule has 2 aromatic carbocycles. The van der Waals surface area contributed by atoms with Crippen molar-refractivity contribution >= 4 is 28.7 Å². The van der Waals surface area contributed by atoms with Gasteiger partial charge in [0.25, 0.3) is 0 Å². The fourth-order valence-electron chi connectivity index (χ4n) is 3.59. The summed E-state index contributed by atoms with van der Waals surface area (Å²) in [6.07, 6.45) is -2.51. The number of alkyl halides is 3. The Labute approximate surface area is 197 Å². The summed E-state index contributed by atoms with van der Waals surface area (Å²) < 4.78 is 46.8. The lowest BCUT2D eigenvalue weighted by molar-refractivity contribution is -0.136. The van der Waals surface area contributed by atoms with Gasteiger partial charge in [0.05, 0.1) is 17.7 Å². The van der Waals surface area contributed by atoms with Gasteiger partial charge in [-0.25, -0.2) is 9.78 Å². The van der Waals surface area contributed by atoms with Gasteiger partial charge in [-0.1, -0.05) is 18.2 Å². The molecule has 0 bridgehead atoms. The first-order valence-electron chi connectivity index (χ1n) is 10.5. The quantitative estimate of drug-likeness (QED) is 0.339. The summed E-state index contributed by atoms with van der Waals surface area (Å²) in [5.41, 5.74) is 5.78. The van der Waals surface area contributed by atoms with Crippen molar-refractivity contribution in [3.05, 3.63) is 83.2 Å². The number of carbonyl (C=O) groups excluding carboxylic acids is 1. The number of furan rings is 1. The van der Waals surface area contributed by atoms with E-state index in [1.165, 1.54) is 36.4 Å². The highest BCUT2D eigenvalue weighted by Crippen LogP contribution is 2.39. The number of carbonyl (C=O) groups is 2. The Bertz CT molecular complexity index is 1380. The molecular formula is C25H20F3N3O4. The van der Waals surface area contributed by atoms with Gasteiger partial charge < -0.3 is 20.6 Å². The number of nitrogens with zero attached hydrogens (tertiary/aromatic N) is 1. The smallest absolute Gasteiger partial charge is 0.420 e. The maximum Gasteiger partial charge on any atom is 0.420 e. The highest BCUT2D eigenvalue weighted by molar-refractivity contribution is 5.90. The van der Waals surface area contributed by atoms with Crippen LogP contribution in [0.4, 0.5) is 19.0 Å². The van der Waals surface area contributed by atoms with E-state index in [-0.39, 0.29) is 46.7 Å². The van der Waals surface area contributed by atoms with Gasteiger partial charge in [-0.2, -0.15) is 13.2 Å². The van der Waals surface area contributed by atoms with E-state index in [1.54, 1.807) is 18.3 Å². The molecule has 0 saturated carbocycles. The van der Waals surface area contributed by atoms with E-state index in [0.29, 0.717) is 17.8 Å². The molecule has 0 aliphatic rings. The molecule has 0 atom stereocenters. The second-order valence-corrected chi connectivity index (χ2v) is 7.90. The van der Waals surface area contributed by atoms with Crippen LogP contribution in [-0.2, 0) is 23.9 Å². The van der Waals surface area contributed by atoms with E-state index in [4.69, 9.17) is 15.3 Å². The number of rotatable bonds is 7. The van der Waals surface area contributed by atoms with Gasteiger partial charge in [0, 0.05) is 18.0 Å². The lowest BCUT2D eigenvalue weighted by Gasteiger charge is -2.10. The number of nitrogen functional groups attached to an aromatic ring is 1. The largest absolute Gasteiger partial charge is 0.478 e. The van der Waals surface area contributed by atoms with Crippen LogP contribution in [0.5, 0.6) is 0 Å². The Kier molecular flexibility index (Phi) is 6.46. The summed E-state index contributed by atoms with van der Waals surface area (Å²) >= 11 is 0. The number of benzene rings is 2. The van der Waals surface area contributed by atoms with Gasteiger partial charge in [-0.15, -0.1) is 0 Å². The minimum atomic E-state index is -4.68. The van der Waals surface area contributed by atoms with E-state index < -0.39 is 17.7 Å². The average molecular weight is 483 g/mol. The first-order chi connectivity index (χ1) is 16.6. The second-order valence-electron chi connectivity index (χ2n) is 7.90. The van der Waals surface area contributed by atoms with Crippen molar-refractivity contribution in [1.29, 1.82) is 0 Å². The highest BCUT2D eigenvalue weighted by Gasteiger charge is 2.35. The monoisotopic (exact) mass is 483 g/mol. The molecule has 0 spiro atoms.